The molecular formula is C18H19N3. The van der Waals surface area contributed by atoms with E-state index < -0.39 is 0 Å². The average Bonchev–Trinajstić information content (AvgIpc) is 3.03. The molecule has 0 aliphatic heterocycles. The van der Waals surface area contributed by atoms with Gasteiger partial charge in [0.1, 0.15) is 5.52 Å². The van der Waals surface area contributed by atoms with Crippen molar-refractivity contribution < 1.29 is 0 Å². The molecule has 3 aromatic rings. The first-order valence-electron chi connectivity index (χ1n) is 7.82. The highest BCUT2D eigenvalue weighted by Crippen LogP contribution is 2.36. The van der Waals surface area contributed by atoms with Gasteiger partial charge in [-0.3, -0.25) is 0 Å². The summed E-state index contributed by atoms with van der Waals surface area (Å²) in [6.45, 7) is 0. The van der Waals surface area contributed by atoms with E-state index in [4.69, 9.17) is 9.97 Å². The predicted molar refractivity (Wildman–Crippen MR) is 85.2 cm³/mol. The number of hydrogen-bond donors (Lipinski definition) is 1. The molecule has 2 aromatic heterocycles. The summed E-state index contributed by atoms with van der Waals surface area (Å²) in [5.41, 5.74) is 5.27. The molecule has 3 heteroatoms. The fourth-order valence-corrected chi connectivity index (χ4v) is 3.35. The second kappa shape index (κ2) is 5.32. The molecule has 4 rings (SSSR count). The fraction of sp³-hybridized carbons (Fsp3) is 0.333. The third kappa shape index (κ3) is 2.33. The minimum Gasteiger partial charge on any atom is -0.345 e. The molecule has 0 amide bonds. The minimum atomic E-state index is 0.556. The van der Waals surface area contributed by atoms with Crippen LogP contribution in [0.25, 0.3) is 22.4 Å². The van der Waals surface area contributed by atoms with Crippen LogP contribution in [0.1, 0.15) is 43.7 Å². The van der Waals surface area contributed by atoms with Crippen LogP contribution in [0.2, 0.25) is 0 Å². The molecule has 0 unspecified atom stereocenters. The van der Waals surface area contributed by atoms with E-state index in [0.29, 0.717) is 5.92 Å². The predicted octanol–water partition coefficient (Wildman–Crippen LogP) is 4.67. The second-order valence-electron chi connectivity index (χ2n) is 5.87. The van der Waals surface area contributed by atoms with Gasteiger partial charge in [-0.25, -0.2) is 9.97 Å². The molecule has 0 atom stereocenters. The summed E-state index contributed by atoms with van der Waals surface area (Å²) in [5.74, 6) is 0.556. The van der Waals surface area contributed by atoms with Crippen molar-refractivity contribution >= 4 is 11.2 Å². The van der Waals surface area contributed by atoms with E-state index in [-0.39, 0.29) is 0 Å². The Morgan fingerprint density at radius 3 is 2.52 bits per heavy atom. The lowest BCUT2D eigenvalue weighted by molar-refractivity contribution is 0.437. The summed E-state index contributed by atoms with van der Waals surface area (Å²) < 4.78 is 0. The maximum atomic E-state index is 4.94. The lowest BCUT2D eigenvalue weighted by Gasteiger charge is -2.23. The van der Waals surface area contributed by atoms with Crippen LogP contribution in [0, 0.1) is 0 Å². The molecule has 106 valence electrons. The highest BCUT2D eigenvalue weighted by Gasteiger charge is 2.22. The normalized spacial score (nSPS) is 16.4. The summed E-state index contributed by atoms with van der Waals surface area (Å²) in [4.78, 5) is 13.0. The van der Waals surface area contributed by atoms with Crippen LogP contribution in [0.3, 0.4) is 0 Å². The molecule has 1 N–H and O–H groups in total. The first kappa shape index (κ1) is 12.6. The quantitative estimate of drug-likeness (QED) is 0.739. The van der Waals surface area contributed by atoms with Crippen LogP contribution in [0.4, 0.5) is 0 Å². The third-order valence-electron chi connectivity index (χ3n) is 4.45. The fourth-order valence-electron chi connectivity index (χ4n) is 3.35. The third-order valence-corrected chi connectivity index (χ3v) is 4.45. The van der Waals surface area contributed by atoms with E-state index in [1.807, 2.05) is 18.3 Å². The van der Waals surface area contributed by atoms with Crippen LogP contribution in [-0.2, 0) is 0 Å². The highest BCUT2D eigenvalue weighted by molar-refractivity contribution is 5.76. The van der Waals surface area contributed by atoms with Crippen LogP contribution >= 0.6 is 0 Å². The molecule has 2 heterocycles. The lowest BCUT2D eigenvalue weighted by atomic mass is 9.85. The van der Waals surface area contributed by atoms with Crippen molar-refractivity contribution in [2.24, 2.45) is 0 Å². The number of rotatable bonds is 2. The van der Waals surface area contributed by atoms with Crippen molar-refractivity contribution in [3.8, 4) is 11.3 Å². The summed E-state index contributed by atoms with van der Waals surface area (Å²) >= 11 is 0. The summed E-state index contributed by atoms with van der Waals surface area (Å²) in [6, 6.07) is 12.5. The topological polar surface area (TPSA) is 41.6 Å². The van der Waals surface area contributed by atoms with Crippen molar-refractivity contribution in [2.45, 2.75) is 38.0 Å². The molecule has 1 saturated carbocycles. The van der Waals surface area contributed by atoms with Gasteiger partial charge in [0, 0.05) is 17.7 Å². The van der Waals surface area contributed by atoms with Crippen LogP contribution in [-0.4, -0.2) is 15.0 Å². The molecular weight excluding hydrogens is 258 g/mol. The smallest absolute Gasteiger partial charge is 0.156 e. The zero-order valence-electron chi connectivity index (χ0n) is 12.0. The number of H-pyrrole nitrogens is 1. The van der Waals surface area contributed by atoms with Crippen LogP contribution in [0.15, 0.2) is 42.6 Å². The summed E-state index contributed by atoms with van der Waals surface area (Å²) in [6.07, 6.45) is 8.38. The Morgan fingerprint density at radius 1 is 0.905 bits per heavy atom. The zero-order valence-corrected chi connectivity index (χ0v) is 12.0. The van der Waals surface area contributed by atoms with Gasteiger partial charge in [-0.2, -0.15) is 0 Å². The van der Waals surface area contributed by atoms with Gasteiger partial charge in [-0.15, -0.1) is 0 Å². The van der Waals surface area contributed by atoms with Gasteiger partial charge in [-0.05, 0) is 18.9 Å². The van der Waals surface area contributed by atoms with E-state index in [0.717, 1.165) is 16.9 Å². The Bertz CT molecular complexity index is 740. The van der Waals surface area contributed by atoms with Crippen LogP contribution in [0.5, 0.6) is 0 Å². The molecule has 1 aromatic carbocycles. The molecule has 1 aliphatic rings. The Balaban J connectivity index is 1.89. The molecule has 21 heavy (non-hydrogen) atoms. The van der Waals surface area contributed by atoms with E-state index >= 15 is 0 Å². The first-order chi connectivity index (χ1) is 10.4. The van der Waals surface area contributed by atoms with Gasteiger partial charge in [0.25, 0.3) is 0 Å². The lowest BCUT2D eigenvalue weighted by Crippen LogP contribution is -2.09. The van der Waals surface area contributed by atoms with Crippen molar-refractivity contribution in [2.75, 3.05) is 0 Å². The standard InChI is InChI=1S/C18H19N3/c1-3-7-13(8-4-1)16-17(14-9-5-2-6-10-14)21-18-15(20-16)11-12-19-18/h2,5-6,9-13H,1,3-4,7-8H2,(H,19,21). The van der Waals surface area contributed by atoms with Crippen LogP contribution < -0.4 is 0 Å². The second-order valence-corrected chi connectivity index (χ2v) is 5.87. The highest BCUT2D eigenvalue weighted by atomic mass is 14.9. The van der Waals surface area contributed by atoms with Crippen molar-refractivity contribution in [1.29, 1.82) is 0 Å². The number of benzene rings is 1. The Morgan fingerprint density at radius 2 is 1.71 bits per heavy atom. The maximum Gasteiger partial charge on any atom is 0.156 e. The number of nitrogens with one attached hydrogen (secondary N) is 1. The van der Waals surface area contributed by atoms with Gasteiger partial charge in [0.05, 0.1) is 11.4 Å². The monoisotopic (exact) mass is 277 g/mol. The molecule has 1 aliphatic carbocycles. The number of nitrogens with zero attached hydrogens (tertiary/aromatic N) is 2. The minimum absolute atomic E-state index is 0.556. The number of aromatic nitrogens is 3. The molecule has 1 fully saturated rings. The average molecular weight is 277 g/mol. The molecule has 0 spiro atoms. The number of hydrogen-bond acceptors (Lipinski definition) is 2. The van der Waals surface area contributed by atoms with Gasteiger partial charge in [0.15, 0.2) is 5.65 Å². The summed E-state index contributed by atoms with van der Waals surface area (Å²) in [5, 5.41) is 0. The molecule has 0 saturated heterocycles. The Labute approximate surface area is 124 Å². The van der Waals surface area contributed by atoms with E-state index in [2.05, 4.69) is 29.2 Å². The number of aromatic amines is 1. The van der Waals surface area contributed by atoms with Gasteiger partial charge in [0.2, 0.25) is 0 Å². The molecule has 0 radical (unpaired) electrons. The largest absolute Gasteiger partial charge is 0.345 e. The van der Waals surface area contributed by atoms with E-state index in [9.17, 15) is 0 Å². The first-order valence-corrected chi connectivity index (χ1v) is 7.82. The van der Waals surface area contributed by atoms with Crippen molar-refractivity contribution in [3.05, 3.63) is 48.3 Å². The zero-order chi connectivity index (χ0) is 14.1. The Kier molecular flexibility index (Phi) is 3.18. The number of fused-ring (bicyclic) bond motifs is 1. The Hall–Kier alpha value is -2.16. The van der Waals surface area contributed by atoms with Crippen molar-refractivity contribution in [1.82, 2.24) is 15.0 Å². The summed E-state index contributed by atoms with van der Waals surface area (Å²) in [7, 11) is 0. The molecule has 0 bridgehead atoms. The van der Waals surface area contributed by atoms with E-state index in [1.54, 1.807) is 0 Å². The van der Waals surface area contributed by atoms with Crippen molar-refractivity contribution in [3.63, 3.8) is 0 Å². The maximum absolute atomic E-state index is 4.94. The van der Waals surface area contributed by atoms with Gasteiger partial charge >= 0.3 is 0 Å². The van der Waals surface area contributed by atoms with Gasteiger partial charge < -0.3 is 4.98 Å². The van der Waals surface area contributed by atoms with E-state index in [1.165, 1.54) is 43.4 Å². The molecule has 3 nitrogen and oxygen atoms in total. The SMILES string of the molecule is c1ccc(-c2nc3[nH]ccc3nc2C2CCCCC2)cc1. The van der Waals surface area contributed by atoms with Gasteiger partial charge in [-0.1, -0.05) is 49.6 Å².